The SMILES string of the molecule is CCC1CCCCN1CCCC(CC)(CO)NC. The summed E-state index contributed by atoms with van der Waals surface area (Å²) in [6.07, 6.45) is 8.68. The fourth-order valence-electron chi connectivity index (χ4n) is 3.19. The summed E-state index contributed by atoms with van der Waals surface area (Å²) in [6.45, 7) is 7.18. The van der Waals surface area contributed by atoms with Crippen molar-refractivity contribution in [2.45, 2.75) is 70.4 Å². The molecule has 2 unspecified atom stereocenters. The Bertz CT molecular complexity index is 208. The van der Waals surface area contributed by atoms with Crippen molar-refractivity contribution in [2.24, 2.45) is 0 Å². The van der Waals surface area contributed by atoms with Crippen molar-refractivity contribution in [3.63, 3.8) is 0 Å². The maximum Gasteiger partial charge on any atom is 0.0613 e. The Labute approximate surface area is 113 Å². The zero-order valence-electron chi connectivity index (χ0n) is 12.5. The van der Waals surface area contributed by atoms with Gasteiger partial charge in [-0.15, -0.1) is 0 Å². The van der Waals surface area contributed by atoms with Gasteiger partial charge < -0.3 is 15.3 Å². The Morgan fingerprint density at radius 1 is 1.33 bits per heavy atom. The smallest absolute Gasteiger partial charge is 0.0613 e. The van der Waals surface area contributed by atoms with Crippen LogP contribution in [0.5, 0.6) is 0 Å². The zero-order valence-corrected chi connectivity index (χ0v) is 12.5. The first kappa shape index (κ1) is 15.9. The highest BCUT2D eigenvalue weighted by Gasteiger charge is 2.26. The molecule has 0 aromatic rings. The summed E-state index contributed by atoms with van der Waals surface area (Å²) in [5.41, 5.74) is -0.0580. The monoisotopic (exact) mass is 256 g/mol. The van der Waals surface area contributed by atoms with Gasteiger partial charge in [0.25, 0.3) is 0 Å². The molecule has 108 valence electrons. The van der Waals surface area contributed by atoms with E-state index in [0.29, 0.717) is 0 Å². The summed E-state index contributed by atoms with van der Waals surface area (Å²) in [5.74, 6) is 0. The topological polar surface area (TPSA) is 35.5 Å². The molecular formula is C15H32N2O. The molecule has 0 aromatic carbocycles. The number of likely N-dealkylation sites (tertiary alicyclic amines) is 1. The lowest BCUT2D eigenvalue weighted by molar-refractivity contribution is 0.119. The van der Waals surface area contributed by atoms with Gasteiger partial charge in [-0.05, 0) is 58.7 Å². The third kappa shape index (κ3) is 4.22. The van der Waals surface area contributed by atoms with Crippen LogP contribution >= 0.6 is 0 Å². The van der Waals surface area contributed by atoms with Crippen molar-refractivity contribution in [3.8, 4) is 0 Å². The standard InChI is InChI=1S/C15H32N2O/c1-4-14-9-6-7-11-17(14)12-8-10-15(5-2,13-18)16-3/h14,16,18H,4-13H2,1-3H3. The highest BCUT2D eigenvalue weighted by atomic mass is 16.3. The van der Waals surface area contributed by atoms with Crippen LogP contribution in [0.1, 0.15) is 58.8 Å². The molecule has 1 aliphatic rings. The summed E-state index contributed by atoms with van der Waals surface area (Å²) in [7, 11) is 1.97. The van der Waals surface area contributed by atoms with Crippen molar-refractivity contribution in [1.29, 1.82) is 0 Å². The average molecular weight is 256 g/mol. The summed E-state index contributed by atoms with van der Waals surface area (Å²) in [4.78, 5) is 2.66. The first-order valence-electron chi connectivity index (χ1n) is 7.75. The number of aliphatic hydroxyl groups excluding tert-OH is 1. The quantitative estimate of drug-likeness (QED) is 0.700. The highest BCUT2D eigenvalue weighted by Crippen LogP contribution is 2.22. The molecule has 1 heterocycles. The number of aliphatic hydroxyl groups is 1. The number of rotatable bonds is 8. The molecule has 2 N–H and O–H groups in total. The van der Waals surface area contributed by atoms with Gasteiger partial charge in [0.05, 0.1) is 6.61 Å². The van der Waals surface area contributed by atoms with Gasteiger partial charge in [-0.2, -0.15) is 0 Å². The summed E-state index contributed by atoms with van der Waals surface area (Å²) in [6, 6.07) is 0.804. The third-order valence-corrected chi connectivity index (χ3v) is 4.83. The lowest BCUT2D eigenvalue weighted by Crippen LogP contribution is -2.47. The summed E-state index contributed by atoms with van der Waals surface area (Å²) < 4.78 is 0. The molecule has 0 bridgehead atoms. The highest BCUT2D eigenvalue weighted by molar-refractivity contribution is 4.85. The maximum absolute atomic E-state index is 9.54. The Kier molecular flexibility index (Phi) is 7.20. The van der Waals surface area contributed by atoms with Crippen LogP contribution < -0.4 is 5.32 Å². The normalized spacial score (nSPS) is 25.0. The Morgan fingerprint density at radius 3 is 2.67 bits per heavy atom. The molecule has 0 spiro atoms. The van der Waals surface area contributed by atoms with Crippen LogP contribution in [0.25, 0.3) is 0 Å². The van der Waals surface area contributed by atoms with Crippen LogP contribution in [0, 0.1) is 0 Å². The van der Waals surface area contributed by atoms with E-state index in [9.17, 15) is 5.11 Å². The van der Waals surface area contributed by atoms with E-state index in [-0.39, 0.29) is 12.1 Å². The number of hydrogen-bond acceptors (Lipinski definition) is 3. The lowest BCUT2D eigenvalue weighted by Gasteiger charge is -2.37. The molecular weight excluding hydrogens is 224 g/mol. The Morgan fingerprint density at radius 2 is 2.11 bits per heavy atom. The van der Waals surface area contributed by atoms with Crippen LogP contribution in [-0.4, -0.2) is 48.3 Å². The largest absolute Gasteiger partial charge is 0.394 e. The van der Waals surface area contributed by atoms with Gasteiger partial charge in [-0.25, -0.2) is 0 Å². The number of likely N-dealkylation sites (N-methyl/N-ethyl adjacent to an activating group) is 1. The van der Waals surface area contributed by atoms with E-state index in [1.807, 2.05) is 7.05 Å². The molecule has 0 aliphatic carbocycles. The number of nitrogens with one attached hydrogen (secondary N) is 1. The molecule has 0 amide bonds. The van der Waals surface area contributed by atoms with Crippen molar-refractivity contribution in [1.82, 2.24) is 10.2 Å². The molecule has 0 radical (unpaired) electrons. The molecule has 3 heteroatoms. The van der Waals surface area contributed by atoms with E-state index in [1.165, 1.54) is 45.2 Å². The molecule has 1 aliphatic heterocycles. The van der Waals surface area contributed by atoms with Gasteiger partial charge in [-0.1, -0.05) is 20.3 Å². The predicted molar refractivity (Wildman–Crippen MR) is 77.9 cm³/mol. The molecule has 3 nitrogen and oxygen atoms in total. The van der Waals surface area contributed by atoms with E-state index in [4.69, 9.17) is 0 Å². The molecule has 0 saturated carbocycles. The van der Waals surface area contributed by atoms with Crippen molar-refractivity contribution in [2.75, 3.05) is 26.7 Å². The van der Waals surface area contributed by atoms with Gasteiger partial charge in [0.2, 0.25) is 0 Å². The van der Waals surface area contributed by atoms with Gasteiger partial charge in [0.15, 0.2) is 0 Å². The molecule has 18 heavy (non-hydrogen) atoms. The van der Waals surface area contributed by atoms with Crippen LogP contribution in [-0.2, 0) is 0 Å². The third-order valence-electron chi connectivity index (χ3n) is 4.83. The van der Waals surface area contributed by atoms with Crippen molar-refractivity contribution >= 4 is 0 Å². The molecule has 1 rings (SSSR count). The van der Waals surface area contributed by atoms with Crippen LogP contribution in [0.2, 0.25) is 0 Å². The molecule has 2 atom stereocenters. The average Bonchev–Trinajstić information content (AvgIpc) is 2.44. The predicted octanol–water partition coefficient (Wildman–Crippen LogP) is 2.39. The van der Waals surface area contributed by atoms with Crippen LogP contribution in [0.15, 0.2) is 0 Å². The van der Waals surface area contributed by atoms with Gasteiger partial charge in [0, 0.05) is 11.6 Å². The van der Waals surface area contributed by atoms with Crippen LogP contribution in [0.4, 0.5) is 0 Å². The molecule has 1 saturated heterocycles. The Hall–Kier alpha value is -0.120. The minimum atomic E-state index is -0.0580. The van der Waals surface area contributed by atoms with E-state index in [1.54, 1.807) is 0 Å². The number of piperidine rings is 1. The van der Waals surface area contributed by atoms with E-state index < -0.39 is 0 Å². The van der Waals surface area contributed by atoms with Crippen molar-refractivity contribution < 1.29 is 5.11 Å². The summed E-state index contributed by atoms with van der Waals surface area (Å²) >= 11 is 0. The lowest BCUT2D eigenvalue weighted by atomic mass is 9.91. The first-order chi connectivity index (χ1) is 8.71. The second-order valence-electron chi connectivity index (χ2n) is 5.74. The molecule has 0 aromatic heterocycles. The number of nitrogens with zero attached hydrogens (tertiary/aromatic N) is 1. The van der Waals surface area contributed by atoms with Crippen molar-refractivity contribution in [3.05, 3.63) is 0 Å². The van der Waals surface area contributed by atoms with Gasteiger partial charge in [-0.3, -0.25) is 0 Å². The fraction of sp³-hybridized carbons (Fsp3) is 1.00. The Balaban J connectivity index is 2.35. The first-order valence-corrected chi connectivity index (χ1v) is 7.75. The number of hydrogen-bond donors (Lipinski definition) is 2. The zero-order chi connectivity index (χ0) is 13.4. The van der Waals surface area contributed by atoms with E-state index in [0.717, 1.165) is 18.9 Å². The second kappa shape index (κ2) is 8.13. The minimum Gasteiger partial charge on any atom is -0.394 e. The van der Waals surface area contributed by atoms with E-state index in [2.05, 4.69) is 24.1 Å². The van der Waals surface area contributed by atoms with Gasteiger partial charge in [0.1, 0.15) is 0 Å². The van der Waals surface area contributed by atoms with Gasteiger partial charge >= 0.3 is 0 Å². The van der Waals surface area contributed by atoms with Crippen LogP contribution in [0.3, 0.4) is 0 Å². The second-order valence-corrected chi connectivity index (χ2v) is 5.74. The fourth-order valence-corrected chi connectivity index (χ4v) is 3.19. The maximum atomic E-state index is 9.54. The molecule has 1 fully saturated rings. The van der Waals surface area contributed by atoms with E-state index >= 15 is 0 Å². The summed E-state index contributed by atoms with van der Waals surface area (Å²) in [5, 5.41) is 12.8. The minimum absolute atomic E-state index is 0.0580.